The molecular formula is C15H21N3OS. The van der Waals surface area contributed by atoms with E-state index in [-0.39, 0.29) is 0 Å². The van der Waals surface area contributed by atoms with Gasteiger partial charge >= 0.3 is 0 Å². The highest BCUT2D eigenvalue weighted by atomic mass is 32.1. The summed E-state index contributed by atoms with van der Waals surface area (Å²) in [5, 5.41) is 4.46. The Hall–Kier alpha value is -1.33. The van der Waals surface area contributed by atoms with Crippen molar-refractivity contribution in [2.45, 2.75) is 38.8 Å². The molecule has 1 atom stereocenters. The summed E-state index contributed by atoms with van der Waals surface area (Å²) < 4.78 is 5.64. The van der Waals surface area contributed by atoms with Crippen LogP contribution >= 0.6 is 11.3 Å². The van der Waals surface area contributed by atoms with Crippen molar-refractivity contribution in [3.63, 3.8) is 0 Å². The van der Waals surface area contributed by atoms with E-state index in [9.17, 15) is 0 Å². The maximum Gasteiger partial charge on any atom is 0.185 e. The molecule has 3 rings (SSSR count). The van der Waals surface area contributed by atoms with Crippen LogP contribution in [0.3, 0.4) is 0 Å². The van der Waals surface area contributed by atoms with Crippen molar-refractivity contribution in [2.24, 2.45) is 0 Å². The van der Waals surface area contributed by atoms with Crippen LogP contribution in [0, 0.1) is 6.92 Å². The van der Waals surface area contributed by atoms with Gasteiger partial charge in [0.15, 0.2) is 5.13 Å². The fourth-order valence-corrected chi connectivity index (χ4v) is 3.84. The zero-order valence-corrected chi connectivity index (χ0v) is 13.1. The molecular weight excluding hydrogens is 270 g/mol. The van der Waals surface area contributed by atoms with Gasteiger partial charge in [0, 0.05) is 11.9 Å². The maximum atomic E-state index is 5.64. The highest BCUT2D eigenvalue weighted by Crippen LogP contribution is 2.36. The quantitative estimate of drug-likeness (QED) is 0.938. The highest BCUT2D eigenvalue weighted by molar-refractivity contribution is 7.15. The molecule has 2 aromatic rings. The Balaban J connectivity index is 1.78. The first kappa shape index (κ1) is 13.6. The summed E-state index contributed by atoms with van der Waals surface area (Å²) in [6.07, 6.45) is 3.61. The largest absolute Gasteiger partial charge is 0.464 e. The Morgan fingerprint density at radius 1 is 1.50 bits per heavy atom. The Kier molecular flexibility index (Phi) is 3.81. The zero-order valence-electron chi connectivity index (χ0n) is 12.3. The molecule has 2 aromatic heterocycles. The minimum absolute atomic E-state index is 0.419. The molecule has 5 heteroatoms. The molecule has 0 saturated heterocycles. The molecule has 1 unspecified atom stereocenters. The van der Waals surface area contributed by atoms with Gasteiger partial charge in [0.2, 0.25) is 0 Å². The van der Waals surface area contributed by atoms with Crippen molar-refractivity contribution in [3.8, 4) is 0 Å². The number of nitrogens with zero attached hydrogens (tertiary/aromatic N) is 2. The molecule has 1 aliphatic carbocycles. The summed E-state index contributed by atoms with van der Waals surface area (Å²) in [6.45, 7) is 2.74. The van der Waals surface area contributed by atoms with Crippen LogP contribution in [0.25, 0.3) is 0 Å². The lowest BCUT2D eigenvalue weighted by Crippen LogP contribution is -2.21. The lowest BCUT2D eigenvalue weighted by molar-refractivity contribution is 0.480. The van der Waals surface area contributed by atoms with Crippen LogP contribution in [-0.4, -0.2) is 19.1 Å². The number of aromatic nitrogens is 1. The molecule has 0 spiro atoms. The van der Waals surface area contributed by atoms with E-state index in [0.717, 1.165) is 23.2 Å². The molecule has 1 N–H and O–H groups in total. The average molecular weight is 291 g/mol. The van der Waals surface area contributed by atoms with Crippen molar-refractivity contribution in [2.75, 3.05) is 19.0 Å². The summed E-state index contributed by atoms with van der Waals surface area (Å²) in [6, 6.07) is 4.46. The predicted octanol–water partition coefficient (Wildman–Crippen LogP) is 3.28. The topological polar surface area (TPSA) is 41.3 Å². The second-order valence-electron chi connectivity index (χ2n) is 5.41. The number of rotatable bonds is 4. The Morgan fingerprint density at radius 3 is 3.05 bits per heavy atom. The lowest BCUT2D eigenvalue weighted by Gasteiger charge is -2.19. The average Bonchev–Trinajstić information content (AvgIpc) is 3.04. The summed E-state index contributed by atoms with van der Waals surface area (Å²) >= 11 is 1.82. The van der Waals surface area contributed by atoms with Crippen molar-refractivity contribution in [1.29, 1.82) is 0 Å². The molecule has 1 aliphatic rings. The Labute approximate surface area is 123 Å². The Morgan fingerprint density at radius 2 is 2.35 bits per heavy atom. The van der Waals surface area contributed by atoms with Crippen LogP contribution in [0.2, 0.25) is 0 Å². The van der Waals surface area contributed by atoms with E-state index in [1.807, 2.05) is 37.4 Å². The molecule has 0 fully saturated rings. The van der Waals surface area contributed by atoms with Gasteiger partial charge in [-0.15, -0.1) is 11.3 Å². The van der Waals surface area contributed by atoms with Crippen LogP contribution in [0.4, 0.5) is 5.13 Å². The molecule has 0 saturated carbocycles. The van der Waals surface area contributed by atoms with Crippen LogP contribution in [0.5, 0.6) is 0 Å². The zero-order chi connectivity index (χ0) is 14.1. The third kappa shape index (κ3) is 2.60. The molecule has 0 aliphatic heterocycles. The lowest BCUT2D eigenvalue weighted by atomic mass is 9.98. The van der Waals surface area contributed by atoms with E-state index in [1.165, 1.54) is 29.8 Å². The van der Waals surface area contributed by atoms with Crippen molar-refractivity contribution >= 4 is 16.5 Å². The minimum Gasteiger partial charge on any atom is -0.464 e. The van der Waals surface area contributed by atoms with Gasteiger partial charge in [-0.3, -0.25) is 0 Å². The standard InChI is InChI=1S/C15H21N3OS/c1-10-7-8-11(19-10)9-18(3)15-17-14-12(16-2)5-4-6-13(14)20-15/h7-8,12,16H,4-6,9H2,1-3H3. The molecule has 2 heterocycles. The second-order valence-corrected chi connectivity index (χ2v) is 6.47. The number of fused-ring (bicyclic) bond motifs is 1. The monoisotopic (exact) mass is 291 g/mol. The smallest absolute Gasteiger partial charge is 0.185 e. The molecule has 20 heavy (non-hydrogen) atoms. The van der Waals surface area contributed by atoms with Crippen molar-refractivity contribution in [3.05, 3.63) is 34.2 Å². The van der Waals surface area contributed by atoms with Gasteiger partial charge in [0.05, 0.1) is 18.3 Å². The number of nitrogens with one attached hydrogen (secondary N) is 1. The number of aryl methyl sites for hydroxylation is 2. The van der Waals surface area contributed by atoms with Gasteiger partial charge < -0.3 is 14.6 Å². The van der Waals surface area contributed by atoms with Gasteiger partial charge in [-0.05, 0) is 45.4 Å². The number of thiazole rings is 1. The van der Waals surface area contributed by atoms with E-state index in [1.54, 1.807) is 0 Å². The van der Waals surface area contributed by atoms with Crippen LogP contribution in [0.15, 0.2) is 16.5 Å². The first-order valence-electron chi connectivity index (χ1n) is 7.10. The van der Waals surface area contributed by atoms with Crippen molar-refractivity contribution in [1.82, 2.24) is 10.3 Å². The molecule has 0 aromatic carbocycles. The molecule has 0 amide bonds. The van der Waals surface area contributed by atoms with Gasteiger partial charge in [0.1, 0.15) is 11.5 Å². The molecule has 0 radical (unpaired) electrons. The molecule has 0 bridgehead atoms. The van der Waals surface area contributed by atoms with Gasteiger partial charge in [-0.1, -0.05) is 0 Å². The summed E-state index contributed by atoms with van der Waals surface area (Å²) in [7, 11) is 4.10. The first-order valence-corrected chi connectivity index (χ1v) is 7.92. The van der Waals surface area contributed by atoms with Gasteiger partial charge in [-0.25, -0.2) is 4.98 Å². The number of furan rings is 1. The third-order valence-electron chi connectivity index (χ3n) is 3.81. The SMILES string of the molecule is CNC1CCCc2sc(N(C)Cc3ccc(C)o3)nc21. The van der Waals surface area contributed by atoms with E-state index in [0.29, 0.717) is 6.04 Å². The number of hydrogen-bond acceptors (Lipinski definition) is 5. The normalized spacial score (nSPS) is 18.1. The highest BCUT2D eigenvalue weighted by Gasteiger charge is 2.24. The van der Waals surface area contributed by atoms with E-state index in [2.05, 4.69) is 17.3 Å². The number of anilines is 1. The van der Waals surface area contributed by atoms with Crippen LogP contribution in [0.1, 0.15) is 41.0 Å². The number of hydrogen-bond donors (Lipinski definition) is 1. The van der Waals surface area contributed by atoms with Crippen LogP contribution < -0.4 is 10.2 Å². The molecule has 108 valence electrons. The minimum atomic E-state index is 0.419. The van der Waals surface area contributed by atoms with E-state index < -0.39 is 0 Å². The Bertz CT molecular complexity index is 590. The fourth-order valence-electron chi connectivity index (χ4n) is 2.72. The van der Waals surface area contributed by atoms with Crippen molar-refractivity contribution < 1.29 is 4.42 Å². The van der Waals surface area contributed by atoms with E-state index >= 15 is 0 Å². The molecule has 4 nitrogen and oxygen atoms in total. The van der Waals surface area contributed by atoms with Gasteiger partial charge in [-0.2, -0.15) is 0 Å². The summed E-state index contributed by atoms with van der Waals surface area (Å²) in [5.41, 5.74) is 1.25. The maximum absolute atomic E-state index is 5.64. The van der Waals surface area contributed by atoms with Crippen LogP contribution in [-0.2, 0) is 13.0 Å². The van der Waals surface area contributed by atoms with E-state index in [4.69, 9.17) is 9.40 Å². The second kappa shape index (κ2) is 5.58. The first-order chi connectivity index (χ1) is 9.67. The fraction of sp³-hybridized carbons (Fsp3) is 0.533. The third-order valence-corrected chi connectivity index (χ3v) is 5.05. The summed E-state index contributed by atoms with van der Waals surface area (Å²) in [4.78, 5) is 8.46. The van der Waals surface area contributed by atoms with Gasteiger partial charge in [0.25, 0.3) is 0 Å². The summed E-state index contributed by atoms with van der Waals surface area (Å²) in [5.74, 6) is 1.95. The predicted molar refractivity (Wildman–Crippen MR) is 82.4 cm³/mol.